The molecule has 0 atom stereocenters. The largest absolute Gasteiger partial charge is 0.466 e. The van der Waals surface area contributed by atoms with E-state index in [1.165, 1.54) is 11.3 Å². The Labute approximate surface area is 114 Å². The van der Waals surface area contributed by atoms with Crippen LogP contribution in [0.4, 0.5) is 5.13 Å². The van der Waals surface area contributed by atoms with E-state index in [0.717, 1.165) is 0 Å². The highest BCUT2D eigenvalue weighted by Gasteiger charge is 2.07. The molecule has 0 saturated heterocycles. The van der Waals surface area contributed by atoms with Gasteiger partial charge in [0, 0.05) is 5.38 Å². The summed E-state index contributed by atoms with van der Waals surface area (Å²) in [6.07, 6.45) is 3.29. The van der Waals surface area contributed by atoms with Crippen LogP contribution >= 0.6 is 11.3 Å². The summed E-state index contributed by atoms with van der Waals surface area (Å²) in [7, 11) is 0. The molecule has 2 aromatic rings. The minimum atomic E-state index is -0.279. The number of nitrogens with one attached hydrogen (secondary N) is 1. The molecule has 0 unspecified atom stereocenters. The van der Waals surface area contributed by atoms with Crippen LogP contribution in [0.25, 0.3) is 0 Å². The summed E-state index contributed by atoms with van der Waals surface area (Å²) < 4.78 is 9.94. The zero-order chi connectivity index (χ0) is 13.5. The number of aromatic nitrogens is 1. The first-order valence-corrected chi connectivity index (χ1v) is 6.58. The van der Waals surface area contributed by atoms with Crippen molar-refractivity contribution in [1.29, 1.82) is 0 Å². The van der Waals surface area contributed by atoms with Crippen molar-refractivity contribution in [3.63, 3.8) is 0 Å². The van der Waals surface area contributed by atoms with Gasteiger partial charge in [0.1, 0.15) is 5.76 Å². The molecule has 0 radical (unpaired) electrons. The van der Waals surface area contributed by atoms with Crippen molar-refractivity contribution in [2.75, 3.05) is 12.0 Å². The number of rotatable bonds is 6. The van der Waals surface area contributed by atoms with Crippen LogP contribution in [0.15, 0.2) is 33.3 Å². The fraction of sp³-hybridized carbons (Fsp3) is 0.250. The molecule has 0 fully saturated rings. The number of thiazole rings is 1. The SMILES string of the molecule is CCOC(=O)Cc1csc(N/N=C/c2ccco2)n1. The molecule has 1 N–H and O–H groups in total. The lowest BCUT2D eigenvalue weighted by Gasteiger charge is -1.97. The fourth-order valence-electron chi connectivity index (χ4n) is 1.32. The predicted octanol–water partition coefficient (Wildman–Crippen LogP) is 2.29. The molecule has 7 heteroatoms. The second-order valence-electron chi connectivity index (χ2n) is 3.51. The zero-order valence-electron chi connectivity index (χ0n) is 10.3. The molecule has 0 amide bonds. The van der Waals surface area contributed by atoms with E-state index in [9.17, 15) is 4.79 Å². The molecule has 2 rings (SSSR count). The van der Waals surface area contributed by atoms with Crippen molar-refractivity contribution in [2.24, 2.45) is 5.10 Å². The molecule has 2 heterocycles. The molecular weight excluding hydrogens is 266 g/mol. The number of hydrogen-bond acceptors (Lipinski definition) is 7. The third-order valence-electron chi connectivity index (χ3n) is 2.08. The van der Waals surface area contributed by atoms with E-state index >= 15 is 0 Å². The smallest absolute Gasteiger partial charge is 0.311 e. The first-order valence-electron chi connectivity index (χ1n) is 5.70. The lowest BCUT2D eigenvalue weighted by Crippen LogP contribution is -2.07. The maximum absolute atomic E-state index is 11.3. The number of hydrogen-bond donors (Lipinski definition) is 1. The van der Waals surface area contributed by atoms with Crippen LogP contribution in [-0.2, 0) is 16.0 Å². The fourth-order valence-corrected chi connectivity index (χ4v) is 1.97. The number of carbonyl (C=O) groups is 1. The van der Waals surface area contributed by atoms with Gasteiger partial charge in [0.25, 0.3) is 0 Å². The normalized spacial score (nSPS) is 10.8. The predicted molar refractivity (Wildman–Crippen MR) is 72.4 cm³/mol. The van der Waals surface area contributed by atoms with Gasteiger partial charge in [-0.05, 0) is 19.1 Å². The van der Waals surface area contributed by atoms with Gasteiger partial charge in [-0.1, -0.05) is 0 Å². The molecule has 0 bridgehead atoms. The molecule has 2 aromatic heterocycles. The average Bonchev–Trinajstić information content (AvgIpc) is 3.01. The molecule has 0 aromatic carbocycles. The monoisotopic (exact) mass is 279 g/mol. The van der Waals surface area contributed by atoms with Gasteiger partial charge in [-0.15, -0.1) is 11.3 Å². The highest BCUT2D eigenvalue weighted by Crippen LogP contribution is 2.16. The van der Waals surface area contributed by atoms with E-state index < -0.39 is 0 Å². The lowest BCUT2D eigenvalue weighted by atomic mass is 10.3. The first kappa shape index (κ1) is 13.3. The molecule has 0 aliphatic heterocycles. The van der Waals surface area contributed by atoms with E-state index in [-0.39, 0.29) is 12.4 Å². The summed E-state index contributed by atoms with van der Waals surface area (Å²) in [5.74, 6) is 0.370. The van der Waals surface area contributed by atoms with Gasteiger partial charge in [-0.2, -0.15) is 5.10 Å². The van der Waals surface area contributed by atoms with E-state index in [0.29, 0.717) is 23.2 Å². The highest BCUT2D eigenvalue weighted by molar-refractivity contribution is 7.13. The second kappa shape index (κ2) is 6.69. The van der Waals surface area contributed by atoms with E-state index in [4.69, 9.17) is 9.15 Å². The van der Waals surface area contributed by atoms with Crippen LogP contribution in [0, 0.1) is 0 Å². The van der Waals surface area contributed by atoms with Gasteiger partial charge in [0.2, 0.25) is 5.13 Å². The van der Waals surface area contributed by atoms with Gasteiger partial charge >= 0.3 is 5.97 Å². The maximum atomic E-state index is 11.3. The number of furan rings is 1. The van der Waals surface area contributed by atoms with Crippen LogP contribution in [0.3, 0.4) is 0 Å². The van der Waals surface area contributed by atoms with Crippen LogP contribution < -0.4 is 5.43 Å². The van der Waals surface area contributed by atoms with Crippen molar-refractivity contribution in [2.45, 2.75) is 13.3 Å². The standard InChI is InChI=1S/C12H13N3O3S/c1-2-17-11(16)6-9-8-19-12(14-9)15-13-7-10-4-3-5-18-10/h3-5,7-8H,2,6H2,1H3,(H,14,15)/b13-7+. The minimum absolute atomic E-state index is 0.175. The summed E-state index contributed by atoms with van der Waals surface area (Å²) >= 11 is 1.37. The lowest BCUT2D eigenvalue weighted by molar-refractivity contribution is -0.142. The van der Waals surface area contributed by atoms with Crippen molar-refractivity contribution < 1.29 is 13.9 Å². The number of esters is 1. The quantitative estimate of drug-likeness (QED) is 0.498. The number of ether oxygens (including phenoxy) is 1. The second-order valence-corrected chi connectivity index (χ2v) is 4.37. The van der Waals surface area contributed by atoms with Crippen molar-refractivity contribution in [3.8, 4) is 0 Å². The highest BCUT2D eigenvalue weighted by atomic mass is 32.1. The Kier molecular flexibility index (Phi) is 4.68. The van der Waals surface area contributed by atoms with Crippen LogP contribution in [0.1, 0.15) is 18.4 Å². The third-order valence-corrected chi connectivity index (χ3v) is 2.87. The molecule has 100 valence electrons. The summed E-state index contributed by atoms with van der Waals surface area (Å²) in [6.45, 7) is 2.15. The Hall–Kier alpha value is -2.15. The van der Waals surface area contributed by atoms with Crippen molar-refractivity contribution >= 4 is 28.7 Å². The van der Waals surface area contributed by atoms with Crippen LogP contribution in [-0.4, -0.2) is 23.8 Å². The van der Waals surface area contributed by atoms with Gasteiger partial charge in [0.05, 0.1) is 31.2 Å². The Morgan fingerprint density at radius 3 is 3.32 bits per heavy atom. The number of carbonyl (C=O) groups excluding carboxylic acids is 1. The molecule has 19 heavy (non-hydrogen) atoms. The molecule has 6 nitrogen and oxygen atoms in total. The van der Waals surface area contributed by atoms with Crippen LogP contribution in [0.2, 0.25) is 0 Å². The van der Waals surface area contributed by atoms with Gasteiger partial charge in [-0.25, -0.2) is 4.98 Å². The Morgan fingerprint density at radius 1 is 1.68 bits per heavy atom. The minimum Gasteiger partial charge on any atom is -0.466 e. The summed E-state index contributed by atoms with van der Waals surface area (Å²) in [5, 5.41) is 6.38. The van der Waals surface area contributed by atoms with Crippen molar-refractivity contribution in [1.82, 2.24) is 4.98 Å². The molecular formula is C12H13N3O3S. The van der Waals surface area contributed by atoms with E-state index in [2.05, 4.69) is 15.5 Å². The summed E-state index contributed by atoms with van der Waals surface area (Å²) in [4.78, 5) is 15.5. The molecule has 0 aliphatic rings. The molecule has 0 aliphatic carbocycles. The molecule has 0 saturated carbocycles. The Bertz CT molecular complexity index is 548. The van der Waals surface area contributed by atoms with Crippen LogP contribution in [0.5, 0.6) is 0 Å². The number of nitrogens with zero attached hydrogens (tertiary/aromatic N) is 2. The number of anilines is 1. The van der Waals surface area contributed by atoms with Crippen molar-refractivity contribution in [3.05, 3.63) is 35.2 Å². The summed E-state index contributed by atoms with van der Waals surface area (Å²) in [6, 6.07) is 3.57. The van der Waals surface area contributed by atoms with E-state index in [1.807, 2.05) is 0 Å². The maximum Gasteiger partial charge on any atom is 0.311 e. The van der Waals surface area contributed by atoms with Gasteiger partial charge in [0.15, 0.2) is 0 Å². The first-order chi connectivity index (χ1) is 9.28. The average molecular weight is 279 g/mol. The van der Waals surface area contributed by atoms with E-state index in [1.54, 1.807) is 36.9 Å². The molecule has 0 spiro atoms. The number of hydrazone groups is 1. The Morgan fingerprint density at radius 2 is 2.58 bits per heavy atom. The summed E-state index contributed by atoms with van der Waals surface area (Å²) in [5.41, 5.74) is 3.44. The third kappa shape index (κ3) is 4.22. The Balaban J connectivity index is 1.85. The van der Waals surface area contributed by atoms with Gasteiger partial charge < -0.3 is 9.15 Å². The van der Waals surface area contributed by atoms with Gasteiger partial charge in [-0.3, -0.25) is 10.2 Å². The zero-order valence-corrected chi connectivity index (χ0v) is 11.1. The topological polar surface area (TPSA) is 76.7 Å².